The Hall–Kier alpha value is -2.15. The fourth-order valence-corrected chi connectivity index (χ4v) is 2.65. The summed E-state index contributed by atoms with van der Waals surface area (Å²) < 4.78 is 1.62. The third-order valence-corrected chi connectivity index (χ3v) is 4.35. The largest absolute Gasteiger partial charge is 0.316 e. The Kier molecular flexibility index (Phi) is 5.32. The number of pyridine rings is 1. The van der Waals surface area contributed by atoms with E-state index in [1.54, 1.807) is 36.3 Å². The first kappa shape index (κ1) is 16.2. The number of Topliss-reactive ketones (excluding diaryl/α,β-unsaturated/α-hetero) is 1. The number of amides is 1. The van der Waals surface area contributed by atoms with E-state index >= 15 is 0 Å². The molecule has 0 aromatic carbocycles. The second-order valence-electron chi connectivity index (χ2n) is 4.73. The molecule has 1 atom stereocenters. The average molecular weight is 318 g/mol. The van der Waals surface area contributed by atoms with Crippen LogP contribution in [0.3, 0.4) is 0 Å². The minimum atomic E-state index is -0.602. The molecule has 2 heterocycles. The Bertz CT molecular complexity index is 665. The van der Waals surface area contributed by atoms with Gasteiger partial charge < -0.3 is 5.32 Å². The number of hydrogen-bond donors (Lipinski definition) is 1. The van der Waals surface area contributed by atoms with Crippen LogP contribution < -0.4 is 5.32 Å². The van der Waals surface area contributed by atoms with E-state index in [4.69, 9.17) is 0 Å². The number of carbonyl (C=O) groups excluding carboxylic acids is 2. The van der Waals surface area contributed by atoms with E-state index in [0.717, 1.165) is 5.69 Å². The van der Waals surface area contributed by atoms with Gasteiger partial charge in [-0.3, -0.25) is 14.6 Å². The molecule has 0 spiro atoms. The van der Waals surface area contributed by atoms with Crippen molar-refractivity contribution in [1.29, 1.82) is 0 Å². The molecule has 0 saturated heterocycles. The summed E-state index contributed by atoms with van der Waals surface area (Å²) in [6.45, 7) is 3.66. The minimum absolute atomic E-state index is 0.311. The maximum Gasteiger partial charge on any atom is 0.293 e. The number of nitrogens with zero attached hydrogens (tertiary/aromatic N) is 3. The smallest absolute Gasteiger partial charge is 0.293 e. The van der Waals surface area contributed by atoms with Crippen molar-refractivity contribution in [3.8, 4) is 5.69 Å². The number of thioether (sulfide) groups is 1. The molecule has 0 saturated carbocycles. The Morgan fingerprint density at radius 3 is 2.82 bits per heavy atom. The average Bonchev–Trinajstić information content (AvgIpc) is 2.90. The van der Waals surface area contributed by atoms with Crippen molar-refractivity contribution in [3.05, 3.63) is 36.4 Å². The SMILES string of the molecule is CCC(SC)C(=O)C(=O)Nc1cn(-c2cccnc2)nc1C. The van der Waals surface area contributed by atoms with Gasteiger partial charge in [-0.25, -0.2) is 4.68 Å². The van der Waals surface area contributed by atoms with Gasteiger partial charge in [0.15, 0.2) is 0 Å². The first-order valence-electron chi connectivity index (χ1n) is 6.91. The van der Waals surface area contributed by atoms with Crippen LogP contribution in [-0.4, -0.2) is 38.0 Å². The van der Waals surface area contributed by atoms with Crippen LogP contribution in [0.5, 0.6) is 0 Å². The molecular formula is C15H18N4O2S. The predicted octanol–water partition coefficient (Wildman–Crippen LogP) is 2.22. The molecule has 1 N–H and O–H groups in total. The summed E-state index contributed by atoms with van der Waals surface area (Å²) in [7, 11) is 0. The van der Waals surface area contributed by atoms with Crippen molar-refractivity contribution < 1.29 is 9.59 Å². The highest BCUT2D eigenvalue weighted by atomic mass is 32.2. The third kappa shape index (κ3) is 3.54. The number of hydrogen-bond acceptors (Lipinski definition) is 5. The van der Waals surface area contributed by atoms with Crippen LogP contribution in [-0.2, 0) is 9.59 Å². The zero-order valence-corrected chi connectivity index (χ0v) is 13.6. The fraction of sp³-hybridized carbons (Fsp3) is 0.333. The van der Waals surface area contributed by atoms with Crippen LogP contribution in [0.2, 0.25) is 0 Å². The molecule has 2 aromatic rings. The molecule has 0 fully saturated rings. The molecule has 2 rings (SSSR count). The van der Waals surface area contributed by atoms with E-state index in [-0.39, 0.29) is 5.25 Å². The summed E-state index contributed by atoms with van der Waals surface area (Å²) in [6, 6.07) is 3.66. The number of ketones is 1. The van der Waals surface area contributed by atoms with Gasteiger partial charge in [0.1, 0.15) is 0 Å². The van der Waals surface area contributed by atoms with E-state index in [0.29, 0.717) is 17.8 Å². The predicted molar refractivity (Wildman–Crippen MR) is 87.3 cm³/mol. The summed E-state index contributed by atoms with van der Waals surface area (Å²) in [5, 5.41) is 6.66. The van der Waals surface area contributed by atoms with Crippen molar-refractivity contribution in [2.24, 2.45) is 0 Å². The van der Waals surface area contributed by atoms with Crippen molar-refractivity contribution in [3.63, 3.8) is 0 Å². The normalized spacial score (nSPS) is 12.0. The number of nitrogens with one attached hydrogen (secondary N) is 1. The van der Waals surface area contributed by atoms with Gasteiger partial charge in [-0.1, -0.05) is 6.92 Å². The molecule has 6 nitrogen and oxygen atoms in total. The zero-order chi connectivity index (χ0) is 16.1. The fourth-order valence-electron chi connectivity index (χ4n) is 1.99. The van der Waals surface area contributed by atoms with Gasteiger partial charge >= 0.3 is 0 Å². The lowest BCUT2D eigenvalue weighted by Gasteiger charge is -2.09. The van der Waals surface area contributed by atoms with Gasteiger partial charge in [0.05, 0.1) is 34.7 Å². The molecule has 22 heavy (non-hydrogen) atoms. The molecule has 1 amide bonds. The van der Waals surface area contributed by atoms with Crippen LogP contribution in [0.25, 0.3) is 5.69 Å². The van der Waals surface area contributed by atoms with Gasteiger partial charge in [-0.2, -0.15) is 16.9 Å². The first-order chi connectivity index (χ1) is 10.6. The van der Waals surface area contributed by atoms with Gasteiger partial charge in [0, 0.05) is 6.20 Å². The number of anilines is 1. The van der Waals surface area contributed by atoms with Crippen LogP contribution in [0.15, 0.2) is 30.7 Å². The zero-order valence-electron chi connectivity index (χ0n) is 12.7. The summed E-state index contributed by atoms with van der Waals surface area (Å²) in [5.41, 5.74) is 1.95. The van der Waals surface area contributed by atoms with Crippen LogP contribution in [0, 0.1) is 6.92 Å². The molecule has 0 bridgehead atoms. The molecule has 0 radical (unpaired) electrons. The summed E-state index contributed by atoms with van der Waals surface area (Å²) in [6.07, 6.45) is 7.47. The summed E-state index contributed by atoms with van der Waals surface area (Å²) in [5.74, 6) is -1.02. The lowest BCUT2D eigenvalue weighted by atomic mass is 10.2. The first-order valence-corrected chi connectivity index (χ1v) is 8.20. The van der Waals surface area contributed by atoms with Crippen LogP contribution in [0.4, 0.5) is 5.69 Å². The second kappa shape index (κ2) is 7.22. The molecule has 1 unspecified atom stereocenters. The van der Waals surface area contributed by atoms with Crippen molar-refractivity contribution in [1.82, 2.24) is 14.8 Å². The summed E-state index contributed by atoms with van der Waals surface area (Å²) >= 11 is 1.38. The maximum absolute atomic E-state index is 12.0. The highest BCUT2D eigenvalue weighted by molar-refractivity contribution is 8.00. The minimum Gasteiger partial charge on any atom is -0.316 e. The molecular weight excluding hydrogens is 300 g/mol. The van der Waals surface area contributed by atoms with Crippen molar-refractivity contribution in [2.75, 3.05) is 11.6 Å². The number of carbonyl (C=O) groups is 2. The van der Waals surface area contributed by atoms with Gasteiger partial charge in [-0.15, -0.1) is 0 Å². The highest BCUT2D eigenvalue weighted by Crippen LogP contribution is 2.17. The summed E-state index contributed by atoms with van der Waals surface area (Å²) in [4.78, 5) is 28.1. The standard InChI is InChI=1S/C15H18N4O2S/c1-4-13(22-3)14(20)15(21)17-12-9-19(18-10(12)2)11-6-5-7-16-8-11/h5-9,13H,4H2,1-3H3,(H,17,21). The van der Waals surface area contributed by atoms with Crippen molar-refractivity contribution in [2.45, 2.75) is 25.5 Å². The molecule has 2 aromatic heterocycles. The number of aromatic nitrogens is 3. The Balaban J connectivity index is 2.16. The third-order valence-electron chi connectivity index (χ3n) is 3.23. The maximum atomic E-state index is 12.0. The lowest BCUT2D eigenvalue weighted by molar-refractivity contribution is -0.134. The quantitative estimate of drug-likeness (QED) is 0.827. The van der Waals surface area contributed by atoms with E-state index in [1.165, 1.54) is 11.8 Å². The lowest BCUT2D eigenvalue weighted by Crippen LogP contribution is -2.31. The monoisotopic (exact) mass is 318 g/mol. The number of aryl methyl sites for hydroxylation is 1. The van der Waals surface area contributed by atoms with Gasteiger partial charge in [0.2, 0.25) is 5.78 Å². The molecule has 0 aliphatic rings. The molecule has 7 heteroatoms. The molecule has 0 aliphatic carbocycles. The van der Waals surface area contributed by atoms with E-state index < -0.39 is 11.7 Å². The van der Waals surface area contributed by atoms with Gasteiger partial charge in [0.25, 0.3) is 5.91 Å². The Morgan fingerprint density at radius 2 is 2.23 bits per heavy atom. The molecule has 116 valence electrons. The Labute approximate surface area is 133 Å². The van der Waals surface area contributed by atoms with Crippen LogP contribution >= 0.6 is 11.8 Å². The second-order valence-corrected chi connectivity index (χ2v) is 5.78. The highest BCUT2D eigenvalue weighted by Gasteiger charge is 2.24. The Morgan fingerprint density at radius 1 is 1.45 bits per heavy atom. The topological polar surface area (TPSA) is 76.9 Å². The van der Waals surface area contributed by atoms with Crippen molar-refractivity contribution >= 4 is 29.1 Å². The van der Waals surface area contributed by atoms with E-state index in [2.05, 4.69) is 15.4 Å². The van der Waals surface area contributed by atoms with E-state index in [1.807, 2.05) is 19.2 Å². The number of rotatable bonds is 6. The van der Waals surface area contributed by atoms with Crippen LogP contribution in [0.1, 0.15) is 19.0 Å². The van der Waals surface area contributed by atoms with Gasteiger partial charge in [-0.05, 0) is 31.7 Å². The van der Waals surface area contributed by atoms with E-state index in [9.17, 15) is 9.59 Å². The molecule has 0 aliphatic heterocycles.